The van der Waals surface area contributed by atoms with Crippen molar-refractivity contribution in [1.29, 1.82) is 0 Å². The van der Waals surface area contributed by atoms with Gasteiger partial charge in [-0.1, -0.05) is 73.7 Å². The van der Waals surface area contributed by atoms with Crippen LogP contribution in [0.2, 0.25) is 0 Å². The summed E-state index contributed by atoms with van der Waals surface area (Å²) in [4.78, 5) is 30.4. The summed E-state index contributed by atoms with van der Waals surface area (Å²) in [6.45, 7) is 2.70. The number of nitrogens with zero attached hydrogens (tertiary/aromatic N) is 2. The molecule has 4 aromatic rings. The number of hydrogen-bond donors (Lipinski definition) is 0. The lowest BCUT2D eigenvalue weighted by Gasteiger charge is -2.26. The lowest BCUT2D eigenvalue weighted by Crippen LogP contribution is -2.38. The van der Waals surface area contributed by atoms with Crippen molar-refractivity contribution in [3.63, 3.8) is 0 Å². The van der Waals surface area contributed by atoms with Gasteiger partial charge in [0.1, 0.15) is 0 Å². The largest absolute Gasteiger partial charge is 0.306 e. The summed E-state index contributed by atoms with van der Waals surface area (Å²) in [6.07, 6.45) is 0. The number of carbonyl (C=O) groups is 2. The van der Waals surface area contributed by atoms with Crippen molar-refractivity contribution < 1.29 is 9.59 Å². The number of fused-ring (bicyclic) bond motifs is 2. The molecule has 0 spiro atoms. The Bertz CT molecular complexity index is 1300. The molecule has 0 saturated carbocycles. The standard InChI is InChI=1S/C28H24N2O2/c1-20-18-29(28(32)23-10-3-2-4-11-23)25-13-7-8-14-26(25)30(27(20)31)19-21-15-16-22-9-5-6-12-24(22)17-21/h2-17,20H,18-19H2,1H3. The molecule has 0 aromatic heterocycles. The predicted molar refractivity (Wildman–Crippen MR) is 129 cm³/mol. The van der Waals surface area contributed by atoms with E-state index in [2.05, 4.69) is 30.3 Å². The number of anilines is 2. The van der Waals surface area contributed by atoms with Crippen molar-refractivity contribution >= 4 is 34.0 Å². The first-order valence-electron chi connectivity index (χ1n) is 10.9. The molecule has 32 heavy (non-hydrogen) atoms. The van der Waals surface area contributed by atoms with Crippen molar-refractivity contribution in [2.75, 3.05) is 16.3 Å². The summed E-state index contributed by atoms with van der Waals surface area (Å²) in [5.74, 6) is -0.394. The molecular weight excluding hydrogens is 396 g/mol. The Hall–Kier alpha value is -3.92. The molecule has 158 valence electrons. The summed E-state index contributed by atoms with van der Waals surface area (Å²) in [5, 5.41) is 2.32. The van der Waals surface area contributed by atoms with Crippen LogP contribution in [-0.4, -0.2) is 18.4 Å². The third-order valence-corrected chi connectivity index (χ3v) is 6.03. The van der Waals surface area contributed by atoms with Gasteiger partial charge in [0.15, 0.2) is 0 Å². The van der Waals surface area contributed by atoms with Crippen molar-refractivity contribution in [3.05, 3.63) is 108 Å². The Balaban J connectivity index is 1.55. The van der Waals surface area contributed by atoms with Crippen LogP contribution in [0.25, 0.3) is 10.8 Å². The highest BCUT2D eigenvalue weighted by atomic mass is 16.2. The van der Waals surface area contributed by atoms with Crippen molar-refractivity contribution in [3.8, 4) is 0 Å². The van der Waals surface area contributed by atoms with E-state index in [1.54, 1.807) is 4.90 Å². The fourth-order valence-electron chi connectivity index (χ4n) is 4.37. The van der Waals surface area contributed by atoms with Crippen LogP contribution in [-0.2, 0) is 11.3 Å². The van der Waals surface area contributed by atoms with Gasteiger partial charge in [-0.15, -0.1) is 0 Å². The Morgan fingerprint density at radius 1 is 0.812 bits per heavy atom. The quantitative estimate of drug-likeness (QED) is 0.428. The minimum absolute atomic E-state index is 0.0222. The van der Waals surface area contributed by atoms with Gasteiger partial charge < -0.3 is 9.80 Å². The van der Waals surface area contributed by atoms with Gasteiger partial charge in [-0.2, -0.15) is 0 Å². The highest BCUT2D eigenvalue weighted by Crippen LogP contribution is 2.36. The van der Waals surface area contributed by atoms with E-state index in [0.29, 0.717) is 18.7 Å². The molecule has 4 heteroatoms. The molecule has 4 nitrogen and oxygen atoms in total. The molecule has 1 heterocycles. The number of hydrogen-bond acceptors (Lipinski definition) is 2. The van der Waals surface area contributed by atoms with Crippen LogP contribution >= 0.6 is 0 Å². The maximum absolute atomic E-state index is 13.5. The van der Waals surface area contributed by atoms with E-state index in [-0.39, 0.29) is 17.7 Å². The van der Waals surface area contributed by atoms with Crippen LogP contribution in [0.1, 0.15) is 22.8 Å². The summed E-state index contributed by atoms with van der Waals surface area (Å²) in [6, 6.07) is 31.4. The molecule has 0 saturated heterocycles. The number of carbonyl (C=O) groups excluding carboxylic acids is 2. The Labute approximate surface area is 187 Å². The van der Waals surface area contributed by atoms with E-state index in [1.165, 1.54) is 5.39 Å². The summed E-state index contributed by atoms with van der Waals surface area (Å²) >= 11 is 0. The minimum atomic E-state index is -0.324. The second-order valence-corrected chi connectivity index (χ2v) is 8.28. The topological polar surface area (TPSA) is 40.6 Å². The van der Waals surface area contributed by atoms with Crippen molar-refractivity contribution in [2.24, 2.45) is 5.92 Å². The Morgan fingerprint density at radius 2 is 1.47 bits per heavy atom. The van der Waals surface area contributed by atoms with E-state index < -0.39 is 0 Å². The zero-order valence-electron chi connectivity index (χ0n) is 17.9. The molecule has 0 fully saturated rings. The first-order valence-corrected chi connectivity index (χ1v) is 10.9. The molecule has 1 unspecified atom stereocenters. The summed E-state index contributed by atoms with van der Waals surface area (Å²) < 4.78 is 0. The van der Waals surface area contributed by atoms with Gasteiger partial charge in [-0.05, 0) is 46.7 Å². The molecule has 1 aliphatic rings. The van der Waals surface area contributed by atoms with Gasteiger partial charge in [0.2, 0.25) is 5.91 Å². The molecule has 0 aliphatic carbocycles. The molecule has 5 rings (SSSR count). The van der Waals surface area contributed by atoms with Gasteiger partial charge in [0.25, 0.3) is 5.91 Å². The molecule has 0 bridgehead atoms. The first kappa shape index (κ1) is 20.0. The van der Waals surface area contributed by atoms with E-state index in [4.69, 9.17) is 0 Å². The smallest absolute Gasteiger partial charge is 0.258 e. The van der Waals surface area contributed by atoms with Gasteiger partial charge in [0.05, 0.1) is 23.8 Å². The fourth-order valence-corrected chi connectivity index (χ4v) is 4.37. The van der Waals surface area contributed by atoms with Gasteiger partial charge in [-0.3, -0.25) is 9.59 Å². The van der Waals surface area contributed by atoms with Crippen molar-refractivity contribution in [1.82, 2.24) is 0 Å². The number of para-hydroxylation sites is 2. The zero-order chi connectivity index (χ0) is 22.1. The van der Waals surface area contributed by atoms with E-state index in [9.17, 15) is 9.59 Å². The summed E-state index contributed by atoms with van der Waals surface area (Å²) in [7, 11) is 0. The molecule has 1 aliphatic heterocycles. The SMILES string of the molecule is CC1CN(C(=O)c2ccccc2)c2ccccc2N(Cc2ccc3ccccc3c2)C1=O. The third-order valence-electron chi connectivity index (χ3n) is 6.03. The van der Waals surface area contributed by atoms with E-state index in [1.807, 2.05) is 78.6 Å². The number of benzene rings is 4. The number of amides is 2. The predicted octanol–water partition coefficient (Wildman–Crippen LogP) is 5.67. The van der Waals surface area contributed by atoms with Gasteiger partial charge in [-0.25, -0.2) is 0 Å². The maximum Gasteiger partial charge on any atom is 0.258 e. The second kappa shape index (κ2) is 8.31. The fraction of sp³-hybridized carbons (Fsp3) is 0.143. The minimum Gasteiger partial charge on any atom is -0.306 e. The highest BCUT2D eigenvalue weighted by Gasteiger charge is 2.34. The highest BCUT2D eigenvalue weighted by molar-refractivity contribution is 6.11. The lowest BCUT2D eigenvalue weighted by molar-refractivity contribution is -0.121. The molecular formula is C28H24N2O2. The monoisotopic (exact) mass is 420 g/mol. The first-order chi connectivity index (χ1) is 15.6. The van der Waals surface area contributed by atoms with Gasteiger partial charge >= 0.3 is 0 Å². The molecule has 0 N–H and O–H groups in total. The Kier molecular flexibility index (Phi) is 5.20. The third kappa shape index (κ3) is 3.65. The number of rotatable bonds is 3. The average molecular weight is 421 g/mol. The molecule has 2 amide bonds. The lowest BCUT2D eigenvalue weighted by atomic mass is 10.1. The van der Waals surface area contributed by atoms with Crippen molar-refractivity contribution in [2.45, 2.75) is 13.5 Å². The average Bonchev–Trinajstić information content (AvgIpc) is 2.94. The zero-order valence-corrected chi connectivity index (χ0v) is 17.9. The normalized spacial score (nSPS) is 16.0. The second-order valence-electron chi connectivity index (χ2n) is 8.28. The molecule has 0 radical (unpaired) electrons. The van der Waals surface area contributed by atoms with Crippen LogP contribution in [0.5, 0.6) is 0 Å². The van der Waals surface area contributed by atoms with E-state index in [0.717, 1.165) is 22.3 Å². The van der Waals surface area contributed by atoms with Crippen LogP contribution in [0, 0.1) is 5.92 Å². The van der Waals surface area contributed by atoms with Crippen LogP contribution in [0.3, 0.4) is 0 Å². The summed E-state index contributed by atoms with van der Waals surface area (Å²) in [5.41, 5.74) is 3.20. The molecule has 1 atom stereocenters. The van der Waals surface area contributed by atoms with E-state index >= 15 is 0 Å². The Morgan fingerprint density at radius 3 is 2.25 bits per heavy atom. The maximum atomic E-state index is 13.5. The molecule has 4 aromatic carbocycles. The van der Waals surface area contributed by atoms with Crippen LogP contribution < -0.4 is 9.80 Å². The van der Waals surface area contributed by atoms with Crippen LogP contribution in [0.4, 0.5) is 11.4 Å². The van der Waals surface area contributed by atoms with Gasteiger partial charge in [0, 0.05) is 12.1 Å². The van der Waals surface area contributed by atoms with Crippen LogP contribution in [0.15, 0.2) is 97.1 Å².